The van der Waals surface area contributed by atoms with Gasteiger partial charge in [0.15, 0.2) is 0 Å². The summed E-state index contributed by atoms with van der Waals surface area (Å²) in [6, 6.07) is 14.6. The van der Waals surface area contributed by atoms with Gasteiger partial charge < -0.3 is 14.8 Å². The second-order valence-electron chi connectivity index (χ2n) is 6.58. The molecule has 0 fully saturated rings. The maximum Gasteiger partial charge on any atom is 0.255 e. The van der Waals surface area contributed by atoms with Crippen molar-refractivity contribution in [2.75, 3.05) is 11.9 Å². The average Bonchev–Trinajstić information content (AvgIpc) is 2.63. The minimum atomic E-state index is -0.142. The summed E-state index contributed by atoms with van der Waals surface area (Å²) in [5.74, 6) is 1.45. The van der Waals surface area contributed by atoms with Crippen LogP contribution in [0.4, 0.5) is 5.69 Å². The molecule has 0 aliphatic carbocycles. The number of anilines is 1. The Labute approximate surface area is 156 Å². The molecule has 0 aromatic heterocycles. The highest BCUT2D eigenvalue weighted by Crippen LogP contribution is 2.18. The zero-order valence-electron chi connectivity index (χ0n) is 16.0. The lowest BCUT2D eigenvalue weighted by molar-refractivity contribution is 0.102. The highest BCUT2D eigenvalue weighted by Gasteiger charge is 2.07. The fourth-order valence-electron chi connectivity index (χ4n) is 2.51. The van der Waals surface area contributed by atoms with Crippen LogP contribution in [0, 0.1) is 0 Å². The van der Waals surface area contributed by atoms with Crippen LogP contribution in [0.5, 0.6) is 11.5 Å². The van der Waals surface area contributed by atoms with E-state index in [4.69, 9.17) is 9.47 Å². The zero-order chi connectivity index (χ0) is 18.8. The van der Waals surface area contributed by atoms with Gasteiger partial charge in [0, 0.05) is 11.3 Å². The first-order valence-corrected chi connectivity index (χ1v) is 9.39. The fraction of sp³-hybridized carbons (Fsp3) is 0.409. The number of carbonyl (C=O) groups excluding carboxylic acids is 1. The van der Waals surface area contributed by atoms with E-state index in [-0.39, 0.29) is 12.0 Å². The largest absolute Gasteiger partial charge is 0.494 e. The van der Waals surface area contributed by atoms with E-state index in [1.165, 1.54) is 19.3 Å². The van der Waals surface area contributed by atoms with Gasteiger partial charge >= 0.3 is 0 Å². The van der Waals surface area contributed by atoms with Crippen molar-refractivity contribution in [2.45, 2.75) is 52.6 Å². The van der Waals surface area contributed by atoms with E-state index in [1.807, 2.05) is 50.2 Å². The van der Waals surface area contributed by atoms with E-state index >= 15 is 0 Å². The van der Waals surface area contributed by atoms with Crippen LogP contribution in [-0.2, 0) is 0 Å². The van der Waals surface area contributed by atoms with Gasteiger partial charge in [-0.2, -0.15) is 0 Å². The summed E-state index contributed by atoms with van der Waals surface area (Å²) in [6.45, 7) is 6.87. The Morgan fingerprint density at radius 2 is 1.58 bits per heavy atom. The van der Waals surface area contributed by atoms with Crippen molar-refractivity contribution in [3.8, 4) is 11.5 Å². The minimum absolute atomic E-state index is 0.128. The van der Waals surface area contributed by atoms with Gasteiger partial charge in [0.2, 0.25) is 0 Å². The number of hydrogen-bond donors (Lipinski definition) is 1. The van der Waals surface area contributed by atoms with Crippen LogP contribution in [0.15, 0.2) is 48.5 Å². The molecule has 1 amide bonds. The van der Waals surface area contributed by atoms with Crippen LogP contribution >= 0.6 is 0 Å². The Balaban J connectivity index is 1.83. The van der Waals surface area contributed by atoms with Gasteiger partial charge in [-0.3, -0.25) is 4.79 Å². The van der Waals surface area contributed by atoms with Crippen LogP contribution in [0.1, 0.15) is 56.8 Å². The minimum Gasteiger partial charge on any atom is -0.494 e. The molecular weight excluding hydrogens is 326 g/mol. The molecule has 2 rings (SSSR count). The molecule has 4 heteroatoms. The average molecular weight is 355 g/mol. The van der Waals surface area contributed by atoms with Crippen molar-refractivity contribution in [2.24, 2.45) is 0 Å². The van der Waals surface area contributed by atoms with E-state index in [1.54, 1.807) is 12.1 Å². The quantitative estimate of drug-likeness (QED) is 0.557. The topological polar surface area (TPSA) is 47.6 Å². The normalized spacial score (nSPS) is 10.6. The Kier molecular flexibility index (Phi) is 8.00. The molecule has 26 heavy (non-hydrogen) atoms. The van der Waals surface area contributed by atoms with Gasteiger partial charge in [-0.15, -0.1) is 0 Å². The maximum atomic E-state index is 12.3. The standard InChI is InChI=1S/C22H29NO3/c1-4-5-6-7-16-25-20-12-8-18(9-13-20)22(24)23-19-10-14-21(15-11-19)26-17(2)3/h8-15,17H,4-7,16H2,1-3H3,(H,23,24). The van der Waals surface area contributed by atoms with Gasteiger partial charge in [0.05, 0.1) is 12.7 Å². The van der Waals surface area contributed by atoms with E-state index < -0.39 is 0 Å². The molecule has 0 saturated carbocycles. The molecule has 0 aliphatic heterocycles. The summed E-state index contributed by atoms with van der Waals surface area (Å²) in [4.78, 5) is 12.3. The highest BCUT2D eigenvalue weighted by atomic mass is 16.5. The molecule has 0 atom stereocenters. The van der Waals surface area contributed by atoms with Crippen molar-refractivity contribution in [3.05, 3.63) is 54.1 Å². The Morgan fingerprint density at radius 1 is 0.923 bits per heavy atom. The number of benzene rings is 2. The number of nitrogens with one attached hydrogen (secondary N) is 1. The summed E-state index contributed by atoms with van der Waals surface area (Å²) < 4.78 is 11.3. The van der Waals surface area contributed by atoms with Gasteiger partial charge in [-0.1, -0.05) is 26.2 Å². The number of unbranched alkanes of at least 4 members (excludes halogenated alkanes) is 3. The van der Waals surface area contributed by atoms with Crippen LogP contribution in [0.2, 0.25) is 0 Å². The Bertz CT molecular complexity index is 663. The number of ether oxygens (including phenoxy) is 2. The van der Waals surface area contributed by atoms with Gasteiger partial charge in [0.25, 0.3) is 5.91 Å². The number of hydrogen-bond acceptors (Lipinski definition) is 3. The number of rotatable bonds is 10. The SMILES string of the molecule is CCCCCCOc1ccc(C(=O)Nc2ccc(OC(C)C)cc2)cc1. The molecule has 2 aromatic rings. The fourth-order valence-corrected chi connectivity index (χ4v) is 2.51. The molecule has 0 spiro atoms. The van der Waals surface area contributed by atoms with E-state index in [2.05, 4.69) is 12.2 Å². The molecule has 0 unspecified atom stereocenters. The van der Waals surface area contributed by atoms with Gasteiger partial charge in [0.1, 0.15) is 11.5 Å². The zero-order valence-corrected chi connectivity index (χ0v) is 16.0. The smallest absolute Gasteiger partial charge is 0.255 e. The third kappa shape index (κ3) is 6.79. The van der Waals surface area contributed by atoms with E-state index in [0.29, 0.717) is 5.56 Å². The maximum absolute atomic E-state index is 12.3. The van der Waals surface area contributed by atoms with Crippen LogP contribution in [0.3, 0.4) is 0 Å². The second-order valence-corrected chi connectivity index (χ2v) is 6.58. The number of carbonyl (C=O) groups is 1. The summed E-state index contributed by atoms with van der Waals surface area (Å²) in [6.07, 6.45) is 4.84. The Morgan fingerprint density at radius 3 is 2.19 bits per heavy atom. The molecule has 0 aliphatic rings. The summed E-state index contributed by atoms with van der Waals surface area (Å²) in [5, 5.41) is 2.89. The van der Waals surface area contributed by atoms with Crippen molar-refractivity contribution >= 4 is 11.6 Å². The summed E-state index contributed by atoms with van der Waals surface area (Å²) in [5.41, 5.74) is 1.34. The first-order valence-electron chi connectivity index (χ1n) is 9.39. The van der Waals surface area contributed by atoms with Gasteiger partial charge in [-0.25, -0.2) is 0 Å². The molecule has 0 radical (unpaired) electrons. The van der Waals surface area contributed by atoms with Crippen LogP contribution in [-0.4, -0.2) is 18.6 Å². The summed E-state index contributed by atoms with van der Waals surface area (Å²) >= 11 is 0. The van der Waals surface area contributed by atoms with E-state index in [9.17, 15) is 4.79 Å². The third-order valence-electron chi connectivity index (χ3n) is 3.87. The first-order chi connectivity index (χ1) is 12.6. The number of amides is 1. The molecule has 2 aromatic carbocycles. The highest BCUT2D eigenvalue weighted by molar-refractivity contribution is 6.04. The lowest BCUT2D eigenvalue weighted by Gasteiger charge is -2.11. The molecule has 0 heterocycles. The molecule has 0 bridgehead atoms. The van der Waals surface area contributed by atoms with Gasteiger partial charge in [-0.05, 0) is 68.8 Å². The first kappa shape index (κ1) is 19.8. The van der Waals surface area contributed by atoms with E-state index in [0.717, 1.165) is 30.2 Å². The van der Waals surface area contributed by atoms with Crippen molar-refractivity contribution in [1.82, 2.24) is 0 Å². The Hall–Kier alpha value is -2.49. The predicted molar refractivity (Wildman–Crippen MR) is 106 cm³/mol. The van der Waals surface area contributed by atoms with Crippen molar-refractivity contribution in [3.63, 3.8) is 0 Å². The predicted octanol–water partition coefficient (Wildman–Crippen LogP) is 5.69. The molecule has 0 saturated heterocycles. The molecular formula is C22H29NO3. The molecule has 140 valence electrons. The lowest BCUT2D eigenvalue weighted by atomic mass is 10.2. The van der Waals surface area contributed by atoms with Crippen LogP contribution < -0.4 is 14.8 Å². The molecule has 4 nitrogen and oxygen atoms in total. The lowest BCUT2D eigenvalue weighted by Crippen LogP contribution is -2.12. The van der Waals surface area contributed by atoms with Crippen molar-refractivity contribution < 1.29 is 14.3 Å². The van der Waals surface area contributed by atoms with Crippen LogP contribution in [0.25, 0.3) is 0 Å². The molecule has 1 N–H and O–H groups in total. The van der Waals surface area contributed by atoms with Crippen molar-refractivity contribution in [1.29, 1.82) is 0 Å². The second kappa shape index (κ2) is 10.5. The summed E-state index contributed by atoms with van der Waals surface area (Å²) in [7, 11) is 0. The monoisotopic (exact) mass is 355 g/mol. The third-order valence-corrected chi connectivity index (χ3v) is 3.87.